The van der Waals surface area contributed by atoms with Gasteiger partial charge in [0, 0.05) is 33.1 Å². The molecular weight excluding hydrogens is 374 g/mol. The summed E-state index contributed by atoms with van der Waals surface area (Å²) < 4.78 is 6.85. The maximum absolute atomic E-state index is 11.9. The fourth-order valence-electron chi connectivity index (χ4n) is 2.23. The summed E-state index contributed by atoms with van der Waals surface area (Å²) in [6, 6.07) is 15.9. The van der Waals surface area contributed by atoms with Crippen LogP contribution in [0.3, 0.4) is 0 Å². The van der Waals surface area contributed by atoms with E-state index in [-0.39, 0.29) is 5.91 Å². The van der Waals surface area contributed by atoms with Crippen LogP contribution < -0.4 is 5.32 Å². The topological polar surface area (TPSA) is 42.2 Å². The van der Waals surface area contributed by atoms with E-state index in [0.717, 1.165) is 26.4 Å². The Labute approximate surface area is 147 Å². The summed E-state index contributed by atoms with van der Waals surface area (Å²) in [7, 11) is 0. The van der Waals surface area contributed by atoms with E-state index < -0.39 is 0 Å². The van der Waals surface area contributed by atoms with Crippen LogP contribution in [0.25, 0.3) is 11.3 Å². The van der Waals surface area contributed by atoms with Gasteiger partial charge in [-0.05, 0) is 34.1 Å². The Kier molecular flexibility index (Phi) is 5.31. The van der Waals surface area contributed by atoms with Crippen molar-refractivity contribution in [2.75, 3.05) is 0 Å². The Morgan fingerprint density at radius 2 is 2.00 bits per heavy atom. The predicted octanol–water partition coefficient (Wildman–Crippen LogP) is 5.02. The van der Waals surface area contributed by atoms with Crippen LogP contribution >= 0.6 is 27.3 Å². The number of hydrogen-bond acceptors (Lipinski definition) is 3. The molecule has 0 spiro atoms. The Bertz CT molecular complexity index is 779. The molecule has 0 unspecified atom stereocenters. The number of furan rings is 1. The zero-order valence-electron chi connectivity index (χ0n) is 12.4. The average Bonchev–Trinajstić information content (AvgIpc) is 3.21. The van der Waals surface area contributed by atoms with Crippen LogP contribution in [0, 0.1) is 0 Å². The van der Waals surface area contributed by atoms with Crippen molar-refractivity contribution in [3.63, 3.8) is 0 Å². The van der Waals surface area contributed by atoms with Crippen LogP contribution in [-0.4, -0.2) is 5.91 Å². The molecule has 2 aromatic heterocycles. The van der Waals surface area contributed by atoms with E-state index in [1.807, 2.05) is 53.9 Å². The first kappa shape index (κ1) is 16.0. The molecule has 0 aliphatic rings. The highest BCUT2D eigenvalue weighted by atomic mass is 79.9. The van der Waals surface area contributed by atoms with E-state index in [9.17, 15) is 4.79 Å². The standard InChI is InChI=1S/C18H16BrNO2S/c19-14-10-16(23-12-14)11-20-18(21)9-7-15-6-8-17(22-15)13-4-2-1-3-5-13/h1-6,8,10,12H,7,9,11H2,(H,20,21). The quantitative estimate of drug-likeness (QED) is 0.642. The molecule has 0 radical (unpaired) electrons. The number of nitrogens with one attached hydrogen (secondary N) is 1. The molecule has 3 aromatic rings. The second kappa shape index (κ2) is 7.62. The summed E-state index contributed by atoms with van der Waals surface area (Å²) in [5, 5.41) is 4.94. The van der Waals surface area contributed by atoms with Crippen molar-refractivity contribution in [3.8, 4) is 11.3 Å². The highest BCUT2D eigenvalue weighted by Crippen LogP contribution is 2.22. The van der Waals surface area contributed by atoms with Crippen molar-refractivity contribution in [2.45, 2.75) is 19.4 Å². The van der Waals surface area contributed by atoms with E-state index in [2.05, 4.69) is 21.2 Å². The highest BCUT2D eigenvalue weighted by molar-refractivity contribution is 9.10. The van der Waals surface area contributed by atoms with Crippen molar-refractivity contribution < 1.29 is 9.21 Å². The highest BCUT2D eigenvalue weighted by Gasteiger charge is 2.08. The minimum absolute atomic E-state index is 0.0344. The zero-order chi connectivity index (χ0) is 16.1. The Morgan fingerprint density at radius 3 is 2.74 bits per heavy atom. The summed E-state index contributed by atoms with van der Waals surface area (Å²) in [5.74, 6) is 1.70. The van der Waals surface area contributed by atoms with Crippen LogP contribution in [0.5, 0.6) is 0 Å². The summed E-state index contributed by atoms with van der Waals surface area (Å²) in [6.07, 6.45) is 1.03. The lowest BCUT2D eigenvalue weighted by Crippen LogP contribution is -2.22. The monoisotopic (exact) mass is 389 g/mol. The molecule has 23 heavy (non-hydrogen) atoms. The average molecular weight is 390 g/mol. The molecular formula is C18H16BrNO2S. The molecule has 3 nitrogen and oxygen atoms in total. The van der Waals surface area contributed by atoms with E-state index >= 15 is 0 Å². The molecule has 0 fully saturated rings. The zero-order valence-corrected chi connectivity index (χ0v) is 14.8. The van der Waals surface area contributed by atoms with Gasteiger partial charge in [-0.3, -0.25) is 4.79 Å². The number of amides is 1. The van der Waals surface area contributed by atoms with Gasteiger partial charge in [0.05, 0.1) is 6.54 Å². The number of carbonyl (C=O) groups is 1. The number of hydrogen-bond donors (Lipinski definition) is 1. The molecule has 0 saturated carbocycles. The number of aryl methyl sites for hydroxylation is 1. The van der Waals surface area contributed by atoms with Gasteiger partial charge in [-0.1, -0.05) is 30.3 Å². The van der Waals surface area contributed by atoms with Crippen LogP contribution in [0.2, 0.25) is 0 Å². The molecule has 0 bridgehead atoms. The normalized spacial score (nSPS) is 10.7. The fourth-order valence-corrected chi connectivity index (χ4v) is 3.62. The second-order valence-corrected chi connectivity index (χ2v) is 7.05. The third kappa shape index (κ3) is 4.56. The first-order valence-corrected chi connectivity index (χ1v) is 9.02. The molecule has 0 saturated heterocycles. The molecule has 1 aromatic carbocycles. The number of carbonyl (C=O) groups excluding carboxylic acids is 1. The van der Waals surface area contributed by atoms with Gasteiger partial charge in [0.1, 0.15) is 11.5 Å². The molecule has 1 N–H and O–H groups in total. The molecule has 1 amide bonds. The van der Waals surface area contributed by atoms with Crippen molar-refractivity contribution in [3.05, 3.63) is 69.0 Å². The lowest BCUT2D eigenvalue weighted by atomic mass is 10.2. The van der Waals surface area contributed by atoms with Gasteiger partial charge in [0.2, 0.25) is 5.91 Å². The SMILES string of the molecule is O=C(CCc1ccc(-c2ccccc2)o1)NCc1cc(Br)cs1. The van der Waals surface area contributed by atoms with E-state index in [0.29, 0.717) is 19.4 Å². The van der Waals surface area contributed by atoms with E-state index in [1.165, 1.54) is 0 Å². The molecule has 0 aliphatic carbocycles. The lowest BCUT2D eigenvalue weighted by molar-refractivity contribution is -0.121. The first-order valence-electron chi connectivity index (χ1n) is 7.34. The van der Waals surface area contributed by atoms with Crippen LogP contribution in [0.15, 0.2) is 62.8 Å². The number of rotatable bonds is 6. The van der Waals surface area contributed by atoms with Crippen molar-refractivity contribution in [1.29, 1.82) is 0 Å². The van der Waals surface area contributed by atoms with Crippen molar-refractivity contribution in [1.82, 2.24) is 5.32 Å². The van der Waals surface area contributed by atoms with Crippen LogP contribution in [-0.2, 0) is 17.8 Å². The third-order valence-corrected chi connectivity index (χ3v) is 5.10. The first-order chi connectivity index (χ1) is 11.2. The van der Waals surface area contributed by atoms with E-state index in [1.54, 1.807) is 11.3 Å². The van der Waals surface area contributed by atoms with E-state index in [4.69, 9.17) is 4.42 Å². The number of thiophene rings is 1. The molecule has 2 heterocycles. The molecule has 0 atom stereocenters. The third-order valence-electron chi connectivity index (χ3n) is 3.40. The predicted molar refractivity (Wildman–Crippen MR) is 96.3 cm³/mol. The molecule has 5 heteroatoms. The minimum Gasteiger partial charge on any atom is -0.461 e. The maximum atomic E-state index is 11.9. The van der Waals surface area contributed by atoms with Gasteiger partial charge < -0.3 is 9.73 Å². The smallest absolute Gasteiger partial charge is 0.220 e. The number of halogens is 1. The van der Waals surface area contributed by atoms with Crippen LogP contribution in [0.4, 0.5) is 0 Å². The van der Waals surface area contributed by atoms with Gasteiger partial charge in [-0.25, -0.2) is 0 Å². The number of benzene rings is 1. The van der Waals surface area contributed by atoms with Gasteiger partial charge in [0.15, 0.2) is 0 Å². The summed E-state index contributed by atoms with van der Waals surface area (Å²) in [4.78, 5) is 13.0. The van der Waals surface area contributed by atoms with Gasteiger partial charge in [-0.15, -0.1) is 11.3 Å². The Balaban J connectivity index is 1.48. The summed E-state index contributed by atoms with van der Waals surface area (Å²) >= 11 is 5.03. The van der Waals surface area contributed by atoms with Gasteiger partial charge in [-0.2, -0.15) is 0 Å². The van der Waals surface area contributed by atoms with Gasteiger partial charge >= 0.3 is 0 Å². The Morgan fingerprint density at radius 1 is 1.17 bits per heavy atom. The second-order valence-electron chi connectivity index (χ2n) is 5.14. The largest absolute Gasteiger partial charge is 0.461 e. The van der Waals surface area contributed by atoms with Crippen LogP contribution in [0.1, 0.15) is 17.1 Å². The molecule has 118 valence electrons. The molecule has 3 rings (SSSR count). The maximum Gasteiger partial charge on any atom is 0.220 e. The minimum atomic E-state index is 0.0344. The molecule has 0 aliphatic heterocycles. The summed E-state index contributed by atoms with van der Waals surface area (Å²) in [5.41, 5.74) is 1.05. The van der Waals surface area contributed by atoms with Crippen molar-refractivity contribution >= 4 is 33.2 Å². The summed E-state index contributed by atoms with van der Waals surface area (Å²) in [6.45, 7) is 0.572. The van der Waals surface area contributed by atoms with Crippen molar-refractivity contribution in [2.24, 2.45) is 0 Å². The lowest BCUT2D eigenvalue weighted by Gasteiger charge is -2.02. The van der Waals surface area contributed by atoms with Gasteiger partial charge in [0.25, 0.3) is 0 Å². The Hall–Kier alpha value is -1.85. The fraction of sp³-hybridized carbons (Fsp3) is 0.167.